The number of methoxy groups -OCH3 is 2. The van der Waals surface area contributed by atoms with Crippen LogP contribution in [0.3, 0.4) is 0 Å². The van der Waals surface area contributed by atoms with Gasteiger partial charge >= 0.3 is 5.97 Å². The average Bonchev–Trinajstić information content (AvgIpc) is 1.62. The number of benzene rings is 4. The molecule has 3 aliphatic heterocycles. The van der Waals surface area contributed by atoms with Gasteiger partial charge in [-0.15, -0.1) is 5.06 Å². The normalized spacial score (nSPS) is 19.2. The molecule has 1 fully saturated rings. The fraction of sp³-hybridized carbons (Fsp3) is 0.446. The minimum atomic E-state index is -5.45. The molecule has 3 heterocycles. The standard InChI is InChI=1S/C56H69N3O23S5/c1-37(10-17-49-55(3,20-8-32-83(62,63)64)53-43-33-39(84(65,66)67)35-47(86(71,72)73)41(43)14-16-46(53)58(49)23-25-77-5)11-18-50-56(4,21-24-79-28-29-81-31-30-80-27-26-78-6)54-44-34-40(85(68,69)70)36-48(87(74,75)76)42(44)13-15-45(54)57(50)22-7-9-52(61)82-59-38(2)12-19-51(59)60/h10-11,13-18,33-36H,2,7-9,12,19-32H2,1,3-6H3,(H4-,62,63,64,65,66,67,68,69,70,71,72,73,74,75,76)/p-4. The van der Waals surface area contributed by atoms with Crippen molar-refractivity contribution in [1.82, 2.24) is 5.06 Å². The van der Waals surface area contributed by atoms with E-state index in [2.05, 4.69) is 6.58 Å². The van der Waals surface area contributed by atoms with Crippen LogP contribution < -0.4 is 4.90 Å². The average molecular weight is 1310 g/mol. The molecule has 3 aliphatic rings. The summed E-state index contributed by atoms with van der Waals surface area (Å²) in [4.78, 5) is 28.9. The maximum atomic E-state index is 13.3. The van der Waals surface area contributed by atoms with Gasteiger partial charge in [0.1, 0.15) is 47.1 Å². The van der Waals surface area contributed by atoms with Crippen molar-refractivity contribution in [3.05, 3.63) is 108 Å². The highest BCUT2D eigenvalue weighted by atomic mass is 32.2. The van der Waals surface area contributed by atoms with Crippen LogP contribution in [0.25, 0.3) is 21.5 Å². The summed E-state index contributed by atoms with van der Waals surface area (Å²) in [7, 11) is -23.6. The lowest BCUT2D eigenvalue weighted by atomic mass is 9.74. The quantitative estimate of drug-likeness (QED) is 0.0288. The summed E-state index contributed by atoms with van der Waals surface area (Å²) in [6.45, 7) is 10.5. The summed E-state index contributed by atoms with van der Waals surface area (Å²) in [5.41, 5.74) is -0.0379. The van der Waals surface area contributed by atoms with E-state index in [-0.39, 0.29) is 136 Å². The molecule has 4 aromatic carbocycles. The Kier molecular flexibility index (Phi) is 21.7. The number of ether oxygens (including phenoxy) is 5. The Bertz CT molecular complexity index is 4070. The zero-order valence-electron chi connectivity index (χ0n) is 48.1. The van der Waals surface area contributed by atoms with Crippen molar-refractivity contribution in [2.75, 3.05) is 90.8 Å². The Morgan fingerprint density at radius 2 is 1.22 bits per heavy atom. The molecule has 31 heteroatoms. The van der Waals surface area contributed by atoms with Gasteiger partial charge in [0.2, 0.25) is 5.69 Å². The van der Waals surface area contributed by atoms with Gasteiger partial charge in [0.25, 0.3) is 5.91 Å². The molecule has 476 valence electrons. The van der Waals surface area contributed by atoms with Gasteiger partial charge in [-0.2, -0.15) is 4.58 Å². The summed E-state index contributed by atoms with van der Waals surface area (Å²) in [6, 6.07) is 8.48. The number of carbonyl (C=O) groups is 2. The number of allylic oxidation sites excluding steroid dienone is 7. The number of nitrogens with zero attached hydrogens (tertiary/aromatic N) is 3. The van der Waals surface area contributed by atoms with E-state index in [4.69, 9.17) is 28.5 Å². The molecule has 26 nitrogen and oxygen atoms in total. The van der Waals surface area contributed by atoms with Crippen LogP contribution in [0.2, 0.25) is 0 Å². The summed E-state index contributed by atoms with van der Waals surface area (Å²) in [5, 5.41) is 0.181. The Morgan fingerprint density at radius 1 is 0.667 bits per heavy atom. The summed E-state index contributed by atoms with van der Waals surface area (Å²) >= 11 is 0. The first-order valence-corrected chi connectivity index (χ1v) is 34.3. The predicted octanol–water partition coefficient (Wildman–Crippen LogP) is 4.56. The molecule has 2 atom stereocenters. The smallest absolute Gasteiger partial charge is 0.333 e. The molecule has 87 heavy (non-hydrogen) atoms. The second-order valence-corrected chi connectivity index (χ2v) is 28.2. The molecular weight excluding hydrogens is 1240 g/mol. The Morgan fingerprint density at radius 3 is 1.75 bits per heavy atom. The van der Waals surface area contributed by atoms with Crippen LogP contribution in [-0.4, -0.2) is 178 Å². The van der Waals surface area contributed by atoms with Crippen molar-refractivity contribution in [3.8, 4) is 0 Å². The fourth-order valence-corrected chi connectivity index (χ4v) is 14.3. The molecule has 7 rings (SSSR count). The highest BCUT2D eigenvalue weighted by Gasteiger charge is 2.49. The van der Waals surface area contributed by atoms with Crippen molar-refractivity contribution < 1.29 is 108 Å². The number of fused-ring (bicyclic) bond motifs is 6. The number of carbonyl (C=O) groups excluding carboxylic acids is 2. The fourth-order valence-electron chi connectivity index (χ4n) is 11.2. The number of hydroxylamine groups is 2. The van der Waals surface area contributed by atoms with Crippen molar-refractivity contribution >= 4 is 101 Å². The Hall–Kier alpha value is -5.88. The van der Waals surface area contributed by atoms with Crippen LogP contribution >= 0.6 is 0 Å². The molecule has 0 radical (unpaired) electrons. The van der Waals surface area contributed by atoms with E-state index in [0.29, 0.717) is 53.7 Å². The van der Waals surface area contributed by atoms with E-state index in [9.17, 15) is 74.4 Å². The second-order valence-electron chi connectivity index (χ2n) is 21.2. The number of anilines is 1. The van der Waals surface area contributed by atoms with E-state index in [1.54, 1.807) is 54.6 Å². The van der Waals surface area contributed by atoms with Crippen LogP contribution in [0.4, 0.5) is 11.4 Å². The molecule has 4 aromatic rings. The van der Waals surface area contributed by atoms with Crippen LogP contribution in [0, 0.1) is 0 Å². The van der Waals surface area contributed by atoms with Crippen LogP contribution in [0.1, 0.15) is 76.8 Å². The van der Waals surface area contributed by atoms with Crippen molar-refractivity contribution in [2.24, 2.45) is 0 Å². The highest BCUT2D eigenvalue weighted by Crippen LogP contribution is 2.54. The minimum Gasteiger partial charge on any atom is -0.748 e. The van der Waals surface area contributed by atoms with Crippen molar-refractivity contribution in [3.63, 3.8) is 0 Å². The van der Waals surface area contributed by atoms with Gasteiger partial charge in [0, 0.05) is 85.9 Å². The Labute approximate surface area is 505 Å². The van der Waals surface area contributed by atoms with Gasteiger partial charge in [-0.25, -0.2) is 46.9 Å². The first kappa shape index (κ1) is 68.6. The molecule has 0 saturated carbocycles. The van der Waals surface area contributed by atoms with Gasteiger partial charge in [0.05, 0.1) is 80.5 Å². The summed E-state index contributed by atoms with van der Waals surface area (Å²) < 4.78 is 218. The number of hydrogen-bond donors (Lipinski definition) is 0. The van der Waals surface area contributed by atoms with Crippen molar-refractivity contribution in [2.45, 2.75) is 96.1 Å². The first-order chi connectivity index (χ1) is 40.7. The lowest BCUT2D eigenvalue weighted by molar-refractivity contribution is -0.441. The number of amides is 1. The van der Waals surface area contributed by atoms with E-state index in [0.717, 1.165) is 17.2 Å². The summed E-state index contributed by atoms with van der Waals surface area (Å²) in [6.07, 6.45) is 6.45. The third-order valence-electron chi connectivity index (χ3n) is 15.2. The van der Waals surface area contributed by atoms with Crippen LogP contribution in [0.15, 0.2) is 116 Å². The zero-order chi connectivity index (χ0) is 64.1. The lowest BCUT2D eigenvalue weighted by Gasteiger charge is -2.31. The molecule has 0 aliphatic carbocycles. The monoisotopic (exact) mass is 1310 g/mol. The van der Waals surface area contributed by atoms with E-state index >= 15 is 0 Å². The van der Waals surface area contributed by atoms with Crippen molar-refractivity contribution in [1.29, 1.82) is 0 Å². The van der Waals surface area contributed by atoms with Crippen LogP contribution in [0.5, 0.6) is 0 Å². The molecule has 1 amide bonds. The van der Waals surface area contributed by atoms with E-state index in [1.807, 2.05) is 0 Å². The largest absolute Gasteiger partial charge is 0.748 e. The first-order valence-electron chi connectivity index (χ1n) is 27.1. The van der Waals surface area contributed by atoms with Gasteiger partial charge in [-0.3, -0.25) is 4.79 Å². The zero-order valence-corrected chi connectivity index (χ0v) is 52.2. The van der Waals surface area contributed by atoms with Gasteiger partial charge in [0.15, 0.2) is 12.3 Å². The maximum absolute atomic E-state index is 13.3. The number of rotatable bonds is 31. The van der Waals surface area contributed by atoms with Gasteiger partial charge in [-0.05, 0) is 117 Å². The minimum absolute atomic E-state index is 0.000802. The molecule has 0 spiro atoms. The molecule has 0 aromatic heterocycles. The predicted molar refractivity (Wildman–Crippen MR) is 308 cm³/mol. The van der Waals surface area contributed by atoms with E-state index in [1.165, 1.54) is 38.5 Å². The maximum Gasteiger partial charge on any atom is 0.333 e. The highest BCUT2D eigenvalue weighted by molar-refractivity contribution is 7.87. The number of hydrogen-bond acceptors (Lipinski definition) is 24. The molecule has 2 unspecified atom stereocenters. The Balaban J connectivity index is 1.39. The van der Waals surface area contributed by atoms with Gasteiger partial charge < -0.3 is 56.2 Å². The molecule has 1 saturated heterocycles. The molecule has 0 bridgehead atoms. The third-order valence-corrected chi connectivity index (χ3v) is 19.4. The second kappa shape index (κ2) is 27.5. The van der Waals surface area contributed by atoms with E-state index < -0.39 is 98.6 Å². The van der Waals surface area contributed by atoms with Gasteiger partial charge in [-0.1, -0.05) is 30.4 Å². The molecule has 0 N–H and O–H groups in total. The SMILES string of the molecule is C=C1CCC(=O)N1OC(=O)CCCN1/C(=C/C=C(C)/C=C/C2=[N+](CCOC)c3ccc4c(S(=O)(=O)[O-])cc(S(=O)(=O)[O-])cc4c3C2(C)CCCS(=O)(=O)[O-])C(C)(CCOCCOCCOCCOC)c2c1ccc1c(S(=O)(=O)[O-])cc(S(=O)(=O)[O-])cc21. The van der Waals surface area contributed by atoms with Crippen LogP contribution in [-0.2, 0) is 99.5 Å². The summed E-state index contributed by atoms with van der Waals surface area (Å²) in [5.74, 6) is -2.09. The lowest BCUT2D eigenvalue weighted by Crippen LogP contribution is -2.33. The molecular formula is C56H65N3O23S5-4. The third kappa shape index (κ3) is 15.9. The topological polar surface area (TPSA) is 385 Å².